The van der Waals surface area contributed by atoms with Gasteiger partial charge in [0.1, 0.15) is 12.9 Å². The second kappa shape index (κ2) is 6.37. The van der Waals surface area contributed by atoms with Gasteiger partial charge in [-0.05, 0) is 68.3 Å². The summed E-state index contributed by atoms with van der Waals surface area (Å²) in [5.41, 5.74) is -3.49. The smallest absolute Gasteiger partial charge is 0.331 e. The Kier molecular flexibility index (Phi) is 4.38. The van der Waals surface area contributed by atoms with Crippen LogP contribution in [0.25, 0.3) is 0 Å². The highest BCUT2D eigenvalue weighted by atomic mass is 16.5. The maximum Gasteiger partial charge on any atom is 0.331 e. The molecule has 0 aromatic carbocycles. The number of aliphatic hydroxyl groups excluding tert-OH is 2. The highest BCUT2D eigenvalue weighted by Crippen LogP contribution is 2.70. The van der Waals surface area contributed by atoms with Crippen molar-refractivity contribution in [3.8, 4) is 0 Å². The average molecular weight is 421 g/mol. The largest absolute Gasteiger partial charge is 0.458 e. The quantitative estimate of drug-likeness (QED) is 0.386. The van der Waals surface area contributed by atoms with Gasteiger partial charge >= 0.3 is 5.97 Å². The Morgan fingerprint density at radius 1 is 1.10 bits per heavy atom. The molecule has 1 heterocycles. The summed E-state index contributed by atoms with van der Waals surface area (Å²) in [6, 6.07) is 0. The first-order valence-electron chi connectivity index (χ1n) is 11.3. The third-order valence-electron chi connectivity index (χ3n) is 9.88. The summed E-state index contributed by atoms with van der Waals surface area (Å²) in [6.45, 7) is 2.19. The van der Waals surface area contributed by atoms with Crippen LogP contribution in [0.1, 0.15) is 58.3 Å². The van der Waals surface area contributed by atoms with Crippen molar-refractivity contribution in [3.05, 3.63) is 11.6 Å². The third kappa shape index (κ3) is 2.30. The lowest BCUT2D eigenvalue weighted by Crippen LogP contribution is -2.70. The van der Waals surface area contributed by atoms with E-state index in [1.54, 1.807) is 0 Å². The van der Waals surface area contributed by atoms with Crippen LogP contribution < -0.4 is 0 Å². The number of cyclic esters (lactones) is 1. The van der Waals surface area contributed by atoms with Gasteiger partial charge in [0.05, 0.1) is 28.8 Å². The lowest BCUT2D eigenvalue weighted by atomic mass is 9.41. The summed E-state index contributed by atoms with van der Waals surface area (Å²) in [5, 5.41) is 44.9. The molecule has 0 spiro atoms. The van der Waals surface area contributed by atoms with Crippen molar-refractivity contribution in [3.63, 3.8) is 0 Å². The summed E-state index contributed by atoms with van der Waals surface area (Å²) in [7, 11) is 0. The molecule has 30 heavy (non-hydrogen) atoms. The minimum atomic E-state index is -1.40. The number of hydrogen-bond donors (Lipinski definition) is 4. The maximum absolute atomic E-state index is 12.5. The number of esters is 1. The van der Waals surface area contributed by atoms with E-state index in [9.17, 15) is 30.0 Å². The summed E-state index contributed by atoms with van der Waals surface area (Å²) in [5.74, 6) is -1.11. The molecule has 1 aliphatic heterocycles. The number of hydrogen-bond acceptors (Lipinski definition) is 7. The van der Waals surface area contributed by atoms with E-state index in [0.29, 0.717) is 44.9 Å². The van der Waals surface area contributed by atoms with Gasteiger partial charge in [-0.2, -0.15) is 0 Å². The zero-order chi connectivity index (χ0) is 21.5. The van der Waals surface area contributed by atoms with Crippen LogP contribution in [0.4, 0.5) is 0 Å². The van der Waals surface area contributed by atoms with Crippen LogP contribution in [0, 0.1) is 28.6 Å². The second-order valence-corrected chi connectivity index (χ2v) is 10.8. The molecule has 0 amide bonds. The Bertz CT molecular complexity index is 809. The summed E-state index contributed by atoms with van der Waals surface area (Å²) < 4.78 is 5.11. The molecule has 4 fully saturated rings. The Morgan fingerprint density at radius 3 is 2.50 bits per heavy atom. The predicted octanol–water partition coefficient (Wildman–Crippen LogP) is 0.869. The fourth-order valence-electron chi connectivity index (χ4n) is 8.36. The Balaban J connectivity index is 1.55. The molecule has 4 saturated carbocycles. The van der Waals surface area contributed by atoms with Gasteiger partial charge in [0, 0.05) is 17.9 Å². The third-order valence-corrected chi connectivity index (χ3v) is 9.88. The number of aldehydes is 1. The first-order chi connectivity index (χ1) is 14.1. The molecule has 7 nitrogen and oxygen atoms in total. The highest BCUT2D eigenvalue weighted by molar-refractivity contribution is 5.85. The summed E-state index contributed by atoms with van der Waals surface area (Å²) >= 11 is 0. The molecule has 166 valence electrons. The second-order valence-electron chi connectivity index (χ2n) is 10.8. The van der Waals surface area contributed by atoms with Crippen LogP contribution in [0.5, 0.6) is 0 Å². The van der Waals surface area contributed by atoms with Crippen LogP contribution in [0.2, 0.25) is 0 Å². The van der Waals surface area contributed by atoms with Crippen molar-refractivity contribution in [1.82, 2.24) is 0 Å². The normalized spacial score (nSPS) is 55.2. The monoisotopic (exact) mass is 420 g/mol. The van der Waals surface area contributed by atoms with Crippen molar-refractivity contribution in [2.75, 3.05) is 6.61 Å². The Morgan fingerprint density at radius 2 is 1.83 bits per heavy atom. The van der Waals surface area contributed by atoms with Gasteiger partial charge in [-0.3, -0.25) is 0 Å². The van der Waals surface area contributed by atoms with E-state index in [4.69, 9.17) is 4.74 Å². The molecular weight excluding hydrogens is 388 g/mol. The molecule has 9 atom stereocenters. The van der Waals surface area contributed by atoms with E-state index in [-0.39, 0.29) is 36.8 Å². The fourth-order valence-corrected chi connectivity index (χ4v) is 8.36. The summed E-state index contributed by atoms with van der Waals surface area (Å²) in [4.78, 5) is 24.2. The van der Waals surface area contributed by atoms with Crippen LogP contribution in [-0.4, -0.2) is 62.7 Å². The number of rotatable bonds is 2. The SMILES string of the molecule is CC12CC[C@@H]3[C@@H](CCC4(O)CC(O)CCC34C=O)C1(O)C(O)C[C@@H]2C1=CC(=O)OC1. The van der Waals surface area contributed by atoms with Crippen molar-refractivity contribution in [1.29, 1.82) is 0 Å². The van der Waals surface area contributed by atoms with E-state index >= 15 is 0 Å². The number of ether oxygens (including phenoxy) is 1. The molecule has 5 aliphatic rings. The molecule has 5 rings (SSSR count). The first-order valence-corrected chi connectivity index (χ1v) is 11.3. The summed E-state index contributed by atoms with van der Waals surface area (Å²) in [6.07, 6.45) is 4.24. The number of fused-ring (bicyclic) bond motifs is 5. The lowest BCUT2D eigenvalue weighted by Gasteiger charge is -2.65. The van der Waals surface area contributed by atoms with E-state index in [0.717, 1.165) is 11.9 Å². The van der Waals surface area contributed by atoms with Gasteiger partial charge in [0.15, 0.2) is 0 Å². The van der Waals surface area contributed by atoms with Crippen molar-refractivity contribution < 1.29 is 34.8 Å². The fraction of sp³-hybridized carbons (Fsp3) is 0.826. The predicted molar refractivity (Wildman–Crippen MR) is 105 cm³/mol. The van der Waals surface area contributed by atoms with Crippen LogP contribution in [0.15, 0.2) is 11.6 Å². The minimum absolute atomic E-state index is 0.161. The average Bonchev–Trinajstić information content (AvgIpc) is 3.21. The molecule has 0 bridgehead atoms. The van der Waals surface area contributed by atoms with Crippen molar-refractivity contribution in [2.45, 2.75) is 81.7 Å². The van der Waals surface area contributed by atoms with E-state index in [1.807, 2.05) is 6.92 Å². The molecule has 0 saturated heterocycles. The molecule has 0 aromatic heterocycles. The van der Waals surface area contributed by atoms with E-state index in [1.165, 1.54) is 6.08 Å². The number of carbonyl (C=O) groups is 2. The first kappa shape index (κ1) is 20.6. The minimum Gasteiger partial charge on any atom is -0.458 e. The van der Waals surface area contributed by atoms with Crippen molar-refractivity contribution >= 4 is 12.3 Å². The molecule has 0 aromatic rings. The van der Waals surface area contributed by atoms with Crippen LogP contribution in [0.3, 0.4) is 0 Å². The Labute approximate surface area is 176 Å². The molecule has 4 aliphatic carbocycles. The zero-order valence-electron chi connectivity index (χ0n) is 17.4. The van der Waals surface area contributed by atoms with Gasteiger partial charge < -0.3 is 30.0 Å². The topological polar surface area (TPSA) is 124 Å². The van der Waals surface area contributed by atoms with E-state index in [2.05, 4.69) is 0 Å². The van der Waals surface area contributed by atoms with Gasteiger partial charge in [0.2, 0.25) is 0 Å². The molecule has 4 N–H and O–H groups in total. The highest BCUT2D eigenvalue weighted by Gasteiger charge is 2.73. The molecular formula is C23H32O7. The zero-order valence-corrected chi connectivity index (χ0v) is 17.4. The van der Waals surface area contributed by atoms with Gasteiger partial charge in [-0.25, -0.2) is 4.79 Å². The molecule has 7 heteroatoms. The van der Waals surface area contributed by atoms with Crippen molar-refractivity contribution in [2.24, 2.45) is 28.6 Å². The molecule has 0 radical (unpaired) electrons. The lowest BCUT2D eigenvalue weighted by molar-refractivity contribution is -0.263. The van der Waals surface area contributed by atoms with Gasteiger partial charge in [-0.15, -0.1) is 0 Å². The van der Waals surface area contributed by atoms with Gasteiger partial charge in [0.25, 0.3) is 0 Å². The van der Waals surface area contributed by atoms with E-state index < -0.39 is 34.2 Å². The van der Waals surface area contributed by atoms with Crippen LogP contribution >= 0.6 is 0 Å². The number of aliphatic hydroxyl groups is 4. The standard InChI is InChI=1S/C23H32O7/c1-20-5-3-15-16(4-7-22(28)10-14(25)2-6-21(15,22)12-24)23(20,29)18(26)9-17(20)13-8-19(27)30-11-13/h8,12,14-18,25-26,28-29H,2-7,9-11H2,1H3/t14?,15-,16-,17-,18?,20?,21?,22?,23?/m1/s1. The van der Waals surface area contributed by atoms with Crippen LogP contribution in [-0.2, 0) is 14.3 Å². The number of carbonyl (C=O) groups excluding carboxylic acids is 2. The van der Waals surface area contributed by atoms with Gasteiger partial charge in [-0.1, -0.05) is 6.92 Å². The maximum atomic E-state index is 12.5. The Hall–Kier alpha value is -1.28. The molecule has 6 unspecified atom stereocenters.